The lowest BCUT2D eigenvalue weighted by atomic mass is 10.2. The zero-order valence-electron chi connectivity index (χ0n) is 12.6. The summed E-state index contributed by atoms with van der Waals surface area (Å²) in [6.45, 7) is 0. The molecule has 0 saturated heterocycles. The molecule has 0 bridgehead atoms. The van der Waals surface area contributed by atoms with Crippen LogP contribution in [0.4, 0.5) is 0 Å². The number of nitrogens with one attached hydrogen (secondary N) is 3. The fourth-order valence-corrected chi connectivity index (χ4v) is 2.68. The molecule has 0 atom stereocenters. The number of aromatic nitrogens is 4. The van der Waals surface area contributed by atoms with E-state index >= 15 is 0 Å². The predicted octanol–water partition coefficient (Wildman–Crippen LogP) is 2.19. The molecular formula is C17H13N7. The summed E-state index contributed by atoms with van der Waals surface area (Å²) in [7, 11) is 0. The van der Waals surface area contributed by atoms with Crippen LogP contribution >= 0.6 is 0 Å². The first-order chi connectivity index (χ1) is 11.6. The van der Waals surface area contributed by atoms with Gasteiger partial charge in [0.25, 0.3) is 0 Å². The lowest BCUT2D eigenvalue weighted by molar-refractivity contribution is 0.960. The predicted molar refractivity (Wildman–Crippen MR) is 90.7 cm³/mol. The zero-order chi connectivity index (χ0) is 16.7. The van der Waals surface area contributed by atoms with Crippen LogP contribution in [0.1, 0.15) is 22.8 Å². The first kappa shape index (κ1) is 14.0. The number of benzene rings is 2. The van der Waals surface area contributed by atoms with Crippen LogP contribution in [0, 0.1) is 16.7 Å². The summed E-state index contributed by atoms with van der Waals surface area (Å²) in [4.78, 5) is 15.5. The van der Waals surface area contributed by atoms with Crippen molar-refractivity contribution in [3.63, 3.8) is 0 Å². The van der Waals surface area contributed by atoms with E-state index in [1.165, 1.54) is 0 Å². The summed E-state index contributed by atoms with van der Waals surface area (Å²) in [5, 5.41) is 16.4. The van der Waals surface area contributed by atoms with Gasteiger partial charge in [-0.2, -0.15) is 5.26 Å². The molecule has 0 amide bonds. The normalized spacial score (nSPS) is 11.0. The lowest BCUT2D eigenvalue weighted by Gasteiger charge is -1.95. The van der Waals surface area contributed by atoms with E-state index in [4.69, 9.17) is 16.4 Å². The number of H-pyrrole nitrogens is 2. The number of fused-ring (bicyclic) bond motifs is 2. The summed E-state index contributed by atoms with van der Waals surface area (Å²) in [6.07, 6.45) is 0.515. The second-order valence-electron chi connectivity index (χ2n) is 5.53. The molecule has 0 saturated carbocycles. The van der Waals surface area contributed by atoms with Gasteiger partial charge < -0.3 is 15.7 Å². The van der Waals surface area contributed by atoms with Gasteiger partial charge in [-0.1, -0.05) is 0 Å². The number of imidazole rings is 2. The highest BCUT2D eigenvalue weighted by Crippen LogP contribution is 2.17. The Bertz CT molecular complexity index is 1130. The van der Waals surface area contributed by atoms with E-state index in [2.05, 4.69) is 26.0 Å². The molecule has 0 radical (unpaired) electrons. The van der Waals surface area contributed by atoms with Gasteiger partial charge in [0, 0.05) is 5.56 Å². The summed E-state index contributed by atoms with van der Waals surface area (Å²) >= 11 is 0. The Labute approximate surface area is 136 Å². The van der Waals surface area contributed by atoms with Crippen molar-refractivity contribution in [3.05, 3.63) is 59.2 Å². The highest BCUT2D eigenvalue weighted by molar-refractivity contribution is 5.97. The van der Waals surface area contributed by atoms with Crippen LogP contribution in [0.25, 0.3) is 22.1 Å². The Morgan fingerprint density at radius 3 is 2.29 bits per heavy atom. The molecule has 0 fully saturated rings. The van der Waals surface area contributed by atoms with Gasteiger partial charge in [0.1, 0.15) is 17.5 Å². The molecule has 2 aromatic heterocycles. The first-order valence-corrected chi connectivity index (χ1v) is 7.34. The van der Waals surface area contributed by atoms with Crippen LogP contribution < -0.4 is 5.73 Å². The topological polar surface area (TPSA) is 131 Å². The lowest BCUT2D eigenvalue weighted by Crippen LogP contribution is -2.10. The van der Waals surface area contributed by atoms with Crippen LogP contribution in [-0.2, 0) is 6.42 Å². The maximum absolute atomic E-state index is 8.95. The smallest absolute Gasteiger partial charge is 0.122 e. The highest BCUT2D eigenvalue weighted by Gasteiger charge is 2.09. The van der Waals surface area contributed by atoms with Gasteiger partial charge in [0.15, 0.2) is 0 Å². The molecule has 4 aromatic rings. The molecule has 0 aliphatic rings. The van der Waals surface area contributed by atoms with E-state index in [-0.39, 0.29) is 5.84 Å². The van der Waals surface area contributed by atoms with Gasteiger partial charge in [-0.3, -0.25) is 5.41 Å². The Hall–Kier alpha value is -3.66. The van der Waals surface area contributed by atoms with E-state index < -0.39 is 0 Å². The second-order valence-corrected chi connectivity index (χ2v) is 5.53. The SMILES string of the molecule is N#Cc1ccc2[nH]c(Cc3nc4cc(C(=N)N)ccc4[nH]3)nc2c1. The van der Waals surface area contributed by atoms with Crippen molar-refractivity contribution in [2.24, 2.45) is 5.73 Å². The fraction of sp³-hybridized carbons (Fsp3) is 0.0588. The maximum Gasteiger partial charge on any atom is 0.122 e. The maximum atomic E-state index is 8.95. The average Bonchev–Trinajstić information content (AvgIpc) is 3.15. The molecule has 0 unspecified atom stereocenters. The molecule has 4 rings (SSSR count). The molecule has 5 N–H and O–H groups in total. The molecule has 0 aliphatic heterocycles. The molecule has 0 spiro atoms. The van der Waals surface area contributed by atoms with Crippen molar-refractivity contribution in [1.82, 2.24) is 19.9 Å². The van der Waals surface area contributed by atoms with E-state index in [1.54, 1.807) is 24.3 Å². The molecule has 24 heavy (non-hydrogen) atoms. The standard InChI is InChI=1S/C17H13N7/c18-8-9-1-3-11-13(5-9)23-15(21-11)7-16-22-12-4-2-10(17(19)20)6-14(12)24-16/h1-6H,7H2,(H3,19,20)(H,21,23)(H,22,24). The molecule has 0 aliphatic carbocycles. The third-order valence-corrected chi connectivity index (χ3v) is 3.84. The fourth-order valence-electron chi connectivity index (χ4n) is 2.68. The molecule has 2 heterocycles. The van der Waals surface area contributed by atoms with Gasteiger partial charge in [0.2, 0.25) is 0 Å². The number of nitrogen functional groups attached to an aromatic ring is 1. The Morgan fingerprint density at radius 2 is 1.67 bits per heavy atom. The van der Waals surface area contributed by atoms with E-state index in [0.717, 1.165) is 33.7 Å². The third kappa shape index (κ3) is 2.36. The van der Waals surface area contributed by atoms with Crippen molar-refractivity contribution in [2.75, 3.05) is 0 Å². The minimum Gasteiger partial charge on any atom is -0.384 e. The van der Waals surface area contributed by atoms with E-state index in [1.807, 2.05) is 12.1 Å². The van der Waals surface area contributed by atoms with Crippen molar-refractivity contribution in [1.29, 1.82) is 10.7 Å². The van der Waals surface area contributed by atoms with Crippen LogP contribution in [0.5, 0.6) is 0 Å². The van der Waals surface area contributed by atoms with Crippen molar-refractivity contribution >= 4 is 27.9 Å². The molecule has 116 valence electrons. The van der Waals surface area contributed by atoms with Crippen molar-refractivity contribution in [3.8, 4) is 6.07 Å². The second kappa shape index (κ2) is 5.21. The monoisotopic (exact) mass is 315 g/mol. The van der Waals surface area contributed by atoms with Gasteiger partial charge in [-0.15, -0.1) is 0 Å². The average molecular weight is 315 g/mol. The number of nitriles is 1. The summed E-state index contributed by atoms with van der Waals surface area (Å²) < 4.78 is 0. The van der Waals surface area contributed by atoms with Gasteiger partial charge in [-0.05, 0) is 36.4 Å². The summed E-state index contributed by atoms with van der Waals surface area (Å²) in [5.74, 6) is 1.56. The number of rotatable bonds is 3. The van der Waals surface area contributed by atoms with E-state index in [9.17, 15) is 0 Å². The molecule has 2 aromatic carbocycles. The van der Waals surface area contributed by atoms with Gasteiger partial charge in [0.05, 0.1) is 40.1 Å². The number of hydrogen-bond donors (Lipinski definition) is 4. The zero-order valence-corrected chi connectivity index (χ0v) is 12.6. The highest BCUT2D eigenvalue weighted by atomic mass is 15.0. The third-order valence-electron chi connectivity index (χ3n) is 3.84. The summed E-state index contributed by atoms with van der Waals surface area (Å²) in [5.41, 5.74) is 10.0. The number of nitrogens with two attached hydrogens (primary N) is 1. The van der Waals surface area contributed by atoms with Crippen molar-refractivity contribution < 1.29 is 0 Å². The first-order valence-electron chi connectivity index (χ1n) is 7.34. The number of hydrogen-bond acceptors (Lipinski definition) is 4. The minimum absolute atomic E-state index is 0.0204. The number of amidine groups is 1. The molecule has 7 heteroatoms. The number of aromatic amines is 2. The van der Waals surface area contributed by atoms with Gasteiger partial charge >= 0.3 is 0 Å². The quantitative estimate of drug-likeness (QED) is 0.341. The van der Waals surface area contributed by atoms with Crippen LogP contribution in [0.15, 0.2) is 36.4 Å². The minimum atomic E-state index is 0.0204. The Kier molecular flexibility index (Phi) is 3.03. The van der Waals surface area contributed by atoms with Crippen molar-refractivity contribution in [2.45, 2.75) is 6.42 Å². The van der Waals surface area contributed by atoms with Crippen LogP contribution in [-0.4, -0.2) is 25.8 Å². The molecule has 7 nitrogen and oxygen atoms in total. The summed E-state index contributed by atoms with van der Waals surface area (Å²) in [6, 6.07) is 12.9. The van der Waals surface area contributed by atoms with Gasteiger partial charge in [-0.25, -0.2) is 9.97 Å². The Balaban J connectivity index is 1.68. The van der Waals surface area contributed by atoms with Crippen LogP contribution in [0.3, 0.4) is 0 Å². The van der Waals surface area contributed by atoms with E-state index in [0.29, 0.717) is 17.5 Å². The molecular weight excluding hydrogens is 302 g/mol. The Morgan fingerprint density at radius 1 is 1.04 bits per heavy atom. The van der Waals surface area contributed by atoms with Crippen LogP contribution in [0.2, 0.25) is 0 Å². The largest absolute Gasteiger partial charge is 0.384 e. The number of nitrogens with zero attached hydrogens (tertiary/aromatic N) is 3.